The van der Waals surface area contributed by atoms with E-state index in [4.69, 9.17) is 4.74 Å². The second kappa shape index (κ2) is 16.0. The smallest absolute Gasteiger partial charge is 0.416 e. The number of methoxy groups -OCH3 is 1. The Labute approximate surface area is 274 Å². The van der Waals surface area contributed by atoms with Crippen LogP contribution in [-0.2, 0) is 25.6 Å². The molecule has 1 saturated heterocycles. The Kier molecular flexibility index (Phi) is 13.6. The predicted octanol–water partition coefficient (Wildman–Crippen LogP) is 5.82. The van der Waals surface area contributed by atoms with Crippen molar-refractivity contribution >= 4 is 43.1 Å². The summed E-state index contributed by atoms with van der Waals surface area (Å²) < 4.78 is 45.8. The summed E-state index contributed by atoms with van der Waals surface area (Å²) in [5.41, 5.74) is 3.05. The maximum Gasteiger partial charge on any atom is 0.416 e. The molecule has 2 aliphatic rings. The third-order valence-electron chi connectivity index (χ3n) is 8.06. The molecule has 0 bridgehead atoms. The average Bonchev–Trinajstić information content (AvgIpc) is 2.97. The summed E-state index contributed by atoms with van der Waals surface area (Å²) >= 11 is 0. The minimum Gasteiger partial charge on any atom is -0.508 e. The number of pyridine rings is 1. The average molecular weight is 678 g/mol. The van der Waals surface area contributed by atoms with Gasteiger partial charge >= 0.3 is 6.18 Å². The Morgan fingerprint density at radius 2 is 1.77 bits per heavy atom. The molecule has 5 rings (SSSR count). The maximum atomic E-state index is 13.7. The first kappa shape index (κ1) is 37.4. The Morgan fingerprint density at radius 3 is 2.48 bits per heavy atom. The number of phenols is 1. The Hall–Kier alpha value is -2.76. The van der Waals surface area contributed by atoms with Crippen molar-refractivity contribution in [3.8, 4) is 11.5 Å². The quantitative estimate of drug-likeness (QED) is 0.340. The fraction of sp³-hybridized carbons (Fsp3) is 0.419. The molecule has 242 valence electrons. The summed E-state index contributed by atoms with van der Waals surface area (Å²) in [5.74, 6) is -0.300. The van der Waals surface area contributed by atoms with Gasteiger partial charge in [0.25, 0.3) is 5.91 Å². The number of phenolic OH excluding ortho intramolecular Hbond substituents is 1. The van der Waals surface area contributed by atoms with E-state index < -0.39 is 17.6 Å². The fourth-order valence-electron chi connectivity index (χ4n) is 5.69. The van der Waals surface area contributed by atoms with E-state index in [0.717, 1.165) is 61.6 Å². The standard InChI is InChI=1S/C31H35F3N4O3.3ClH/c1-21-5-6-22(15-29(21)39)14-26-20-37(11-10-36-9-7-28-23(19-36)4-3-8-35-28)12-13-38(26)30(40)24-16-25(31(32,33)34)18-27(17-24)41-2;;;/h3-6,8,15-18,26,39H,7,9-14,19-20H2,1-2H3;3*1H/t26-;;;/m1.../s1. The van der Waals surface area contributed by atoms with Gasteiger partial charge < -0.3 is 14.7 Å². The molecule has 2 aromatic carbocycles. The van der Waals surface area contributed by atoms with Crippen LogP contribution in [0.4, 0.5) is 13.2 Å². The Morgan fingerprint density at radius 1 is 1.02 bits per heavy atom. The van der Waals surface area contributed by atoms with Crippen LogP contribution in [0.1, 0.15) is 38.3 Å². The van der Waals surface area contributed by atoms with Gasteiger partial charge in [-0.2, -0.15) is 13.2 Å². The lowest BCUT2D eigenvalue weighted by atomic mass is 9.99. The van der Waals surface area contributed by atoms with Crippen molar-refractivity contribution in [2.24, 2.45) is 0 Å². The van der Waals surface area contributed by atoms with Gasteiger partial charge in [0.2, 0.25) is 0 Å². The van der Waals surface area contributed by atoms with Crippen LogP contribution in [0.5, 0.6) is 11.5 Å². The molecule has 13 heteroatoms. The summed E-state index contributed by atoms with van der Waals surface area (Å²) in [6.07, 6.45) is -1.39. The number of amides is 1. The van der Waals surface area contributed by atoms with Crippen LogP contribution >= 0.6 is 37.2 Å². The lowest BCUT2D eigenvalue weighted by Gasteiger charge is -2.42. The molecule has 0 spiro atoms. The fourth-order valence-corrected chi connectivity index (χ4v) is 5.69. The number of fused-ring (bicyclic) bond motifs is 1. The van der Waals surface area contributed by atoms with Gasteiger partial charge in [-0.3, -0.25) is 19.6 Å². The highest BCUT2D eigenvalue weighted by molar-refractivity contribution is 5.95. The number of carbonyl (C=O) groups is 1. The molecule has 44 heavy (non-hydrogen) atoms. The summed E-state index contributed by atoms with van der Waals surface area (Å²) in [4.78, 5) is 24.6. The normalized spacial score (nSPS) is 17.0. The summed E-state index contributed by atoms with van der Waals surface area (Å²) in [5, 5.41) is 10.3. The van der Waals surface area contributed by atoms with E-state index in [1.807, 2.05) is 31.3 Å². The number of rotatable bonds is 7. The molecule has 3 aromatic rings. The molecular formula is C31H38Cl3F3N4O3. The van der Waals surface area contributed by atoms with Crippen LogP contribution in [0.3, 0.4) is 0 Å². The van der Waals surface area contributed by atoms with Crippen molar-refractivity contribution in [1.82, 2.24) is 19.7 Å². The van der Waals surface area contributed by atoms with Crippen molar-refractivity contribution in [3.63, 3.8) is 0 Å². The van der Waals surface area contributed by atoms with Crippen molar-refractivity contribution in [1.29, 1.82) is 0 Å². The van der Waals surface area contributed by atoms with Crippen LogP contribution < -0.4 is 4.74 Å². The summed E-state index contributed by atoms with van der Waals surface area (Å²) in [6, 6.07) is 12.4. The number of nitrogens with zero attached hydrogens (tertiary/aromatic N) is 4. The molecule has 0 radical (unpaired) electrons. The number of aromatic nitrogens is 1. The topological polar surface area (TPSA) is 69.1 Å². The van der Waals surface area contributed by atoms with Crippen molar-refractivity contribution < 1.29 is 27.8 Å². The van der Waals surface area contributed by atoms with Gasteiger partial charge in [-0.05, 0) is 60.4 Å². The zero-order chi connectivity index (χ0) is 29.1. The molecule has 1 fully saturated rings. The Bertz CT molecular complexity index is 1410. The van der Waals surface area contributed by atoms with E-state index >= 15 is 0 Å². The number of alkyl halides is 3. The number of ether oxygens (including phenoxy) is 1. The number of carbonyl (C=O) groups excluding carboxylic acids is 1. The molecule has 0 unspecified atom stereocenters. The first-order valence-corrected chi connectivity index (χ1v) is 13.8. The molecule has 2 aliphatic heterocycles. The van der Waals surface area contributed by atoms with Crippen LogP contribution in [0.2, 0.25) is 0 Å². The highest BCUT2D eigenvalue weighted by Crippen LogP contribution is 2.33. The second-order valence-electron chi connectivity index (χ2n) is 10.9. The minimum atomic E-state index is -4.61. The van der Waals surface area contributed by atoms with Gasteiger partial charge in [-0.25, -0.2) is 0 Å². The van der Waals surface area contributed by atoms with Crippen LogP contribution in [0.15, 0.2) is 54.7 Å². The number of hydrogen-bond acceptors (Lipinski definition) is 6. The maximum absolute atomic E-state index is 13.7. The molecule has 1 N–H and O–H groups in total. The second-order valence-corrected chi connectivity index (χ2v) is 10.9. The van der Waals surface area contributed by atoms with Crippen LogP contribution in [-0.4, -0.2) is 83.1 Å². The third kappa shape index (κ3) is 8.91. The van der Waals surface area contributed by atoms with E-state index in [2.05, 4.69) is 20.9 Å². The largest absolute Gasteiger partial charge is 0.508 e. The third-order valence-corrected chi connectivity index (χ3v) is 8.06. The van der Waals surface area contributed by atoms with Gasteiger partial charge in [-0.15, -0.1) is 37.2 Å². The van der Waals surface area contributed by atoms with E-state index in [1.54, 1.807) is 11.0 Å². The van der Waals surface area contributed by atoms with Gasteiger partial charge in [0.15, 0.2) is 0 Å². The van der Waals surface area contributed by atoms with Gasteiger partial charge in [0.1, 0.15) is 11.5 Å². The van der Waals surface area contributed by atoms with Gasteiger partial charge in [0.05, 0.1) is 12.7 Å². The number of halogens is 6. The zero-order valence-corrected chi connectivity index (χ0v) is 27.0. The SMILES string of the molecule is COc1cc(C(=O)N2CCN(CCN3CCc4ncccc4C3)C[C@H]2Cc2ccc(C)c(O)c2)cc(C(F)(F)F)c1.Cl.Cl.Cl. The van der Waals surface area contributed by atoms with Crippen molar-refractivity contribution in [2.75, 3.05) is 46.4 Å². The number of hydrogen-bond donors (Lipinski definition) is 1. The van der Waals surface area contributed by atoms with E-state index in [0.29, 0.717) is 26.1 Å². The Balaban J connectivity index is 0.00000225. The van der Waals surface area contributed by atoms with E-state index in [-0.39, 0.29) is 60.3 Å². The van der Waals surface area contributed by atoms with E-state index in [9.17, 15) is 23.1 Å². The highest BCUT2D eigenvalue weighted by atomic mass is 35.5. The minimum absolute atomic E-state index is 0. The summed E-state index contributed by atoms with van der Waals surface area (Å²) in [7, 11) is 1.28. The molecular weight excluding hydrogens is 640 g/mol. The molecule has 7 nitrogen and oxygen atoms in total. The number of benzene rings is 2. The summed E-state index contributed by atoms with van der Waals surface area (Å²) in [6.45, 7) is 6.85. The van der Waals surface area contributed by atoms with Gasteiger partial charge in [-0.1, -0.05) is 18.2 Å². The zero-order valence-electron chi connectivity index (χ0n) is 24.5. The number of aromatic hydroxyl groups is 1. The number of aryl methyl sites for hydroxylation is 1. The molecule has 3 heterocycles. The lowest BCUT2D eigenvalue weighted by molar-refractivity contribution is -0.137. The molecule has 0 aliphatic carbocycles. The number of piperazine rings is 1. The first-order chi connectivity index (χ1) is 19.6. The van der Waals surface area contributed by atoms with Crippen LogP contribution in [0, 0.1) is 6.92 Å². The van der Waals surface area contributed by atoms with E-state index in [1.165, 1.54) is 18.7 Å². The molecule has 1 amide bonds. The van der Waals surface area contributed by atoms with Crippen molar-refractivity contribution in [3.05, 3.63) is 88.2 Å². The van der Waals surface area contributed by atoms with Crippen LogP contribution in [0.25, 0.3) is 0 Å². The molecule has 1 atom stereocenters. The monoisotopic (exact) mass is 676 g/mol. The molecule has 0 saturated carbocycles. The lowest BCUT2D eigenvalue weighted by Crippen LogP contribution is -2.57. The van der Waals surface area contributed by atoms with Gasteiger partial charge in [0, 0.05) is 75.7 Å². The highest BCUT2D eigenvalue weighted by Gasteiger charge is 2.35. The van der Waals surface area contributed by atoms with Crippen molar-refractivity contribution in [2.45, 2.75) is 38.5 Å². The first-order valence-electron chi connectivity index (χ1n) is 13.8. The predicted molar refractivity (Wildman–Crippen MR) is 171 cm³/mol. The molecule has 1 aromatic heterocycles.